The average molecular weight is 443 g/mol. The van der Waals surface area contributed by atoms with E-state index in [0.29, 0.717) is 29.3 Å². The number of ether oxygens (including phenoxy) is 1. The van der Waals surface area contributed by atoms with Crippen LogP contribution in [0.25, 0.3) is 0 Å². The van der Waals surface area contributed by atoms with E-state index in [1.54, 1.807) is 42.7 Å². The van der Waals surface area contributed by atoms with Crippen molar-refractivity contribution in [2.45, 2.75) is 13.5 Å². The zero-order chi connectivity index (χ0) is 19.9. The lowest BCUT2D eigenvalue weighted by molar-refractivity contribution is -0.118. The molecule has 3 aromatic rings. The van der Waals surface area contributed by atoms with E-state index in [0.717, 1.165) is 10.0 Å². The Balaban J connectivity index is 1.49. The van der Waals surface area contributed by atoms with Crippen LogP contribution in [0.3, 0.4) is 0 Å². The highest BCUT2D eigenvalue weighted by Crippen LogP contribution is 2.25. The Morgan fingerprint density at radius 1 is 1.11 bits per heavy atom. The Hall–Kier alpha value is -3.06. The van der Waals surface area contributed by atoms with E-state index in [2.05, 4.69) is 26.6 Å². The van der Waals surface area contributed by atoms with Crippen LogP contribution in [0.15, 0.2) is 69.8 Å². The highest BCUT2D eigenvalue weighted by atomic mass is 79.9. The molecule has 2 amide bonds. The molecule has 144 valence electrons. The van der Waals surface area contributed by atoms with Crippen molar-refractivity contribution in [3.8, 4) is 5.75 Å². The van der Waals surface area contributed by atoms with Gasteiger partial charge >= 0.3 is 0 Å². The smallest absolute Gasteiger partial charge is 0.262 e. The molecule has 0 aliphatic rings. The summed E-state index contributed by atoms with van der Waals surface area (Å²) in [6.07, 6.45) is 1.56. The third-order valence-electron chi connectivity index (χ3n) is 3.88. The van der Waals surface area contributed by atoms with Gasteiger partial charge in [-0.15, -0.1) is 0 Å². The van der Waals surface area contributed by atoms with Crippen LogP contribution in [-0.2, 0) is 11.3 Å². The number of hydrogen-bond donors (Lipinski definition) is 2. The normalized spacial score (nSPS) is 10.4. The highest BCUT2D eigenvalue weighted by Gasteiger charge is 2.09. The molecule has 6 nitrogen and oxygen atoms in total. The van der Waals surface area contributed by atoms with Gasteiger partial charge in [-0.05, 0) is 76.9 Å². The van der Waals surface area contributed by atoms with Gasteiger partial charge in [0.05, 0.1) is 17.3 Å². The van der Waals surface area contributed by atoms with E-state index in [4.69, 9.17) is 9.15 Å². The third-order valence-corrected chi connectivity index (χ3v) is 4.50. The second kappa shape index (κ2) is 9.23. The van der Waals surface area contributed by atoms with Gasteiger partial charge < -0.3 is 19.8 Å². The Labute approximate surface area is 171 Å². The summed E-state index contributed by atoms with van der Waals surface area (Å²) in [4.78, 5) is 24.2. The van der Waals surface area contributed by atoms with Crippen LogP contribution >= 0.6 is 15.9 Å². The van der Waals surface area contributed by atoms with Crippen LogP contribution in [-0.4, -0.2) is 18.4 Å². The second-order valence-corrected chi connectivity index (χ2v) is 6.96. The molecule has 28 heavy (non-hydrogen) atoms. The number of halogens is 1. The maximum Gasteiger partial charge on any atom is 0.262 e. The lowest BCUT2D eigenvalue weighted by Gasteiger charge is -2.10. The standard InChI is InChI=1S/C21H19BrN2O4/c1-14-4-9-19(18(22)11-14)28-13-20(25)24-16-7-5-15(6-8-16)21(26)23-12-17-3-2-10-27-17/h2-11H,12-13H2,1H3,(H,23,26)(H,24,25). The molecular weight excluding hydrogens is 424 g/mol. The van der Waals surface area contributed by atoms with Gasteiger partial charge in [-0.25, -0.2) is 0 Å². The Bertz CT molecular complexity index is 953. The zero-order valence-corrected chi connectivity index (χ0v) is 16.8. The van der Waals surface area contributed by atoms with Crippen molar-refractivity contribution < 1.29 is 18.7 Å². The summed E-state index contributed by atoms with van der Waals surface area (Å²) in [6, 6.07) is 15.8. The molecule has 0 spiro atoms. The van der Waals surface area contributed by atoms with Gasteiger partial charge in [0.1, 0.15) is 11.5 Å². The predicted molar refractivity (Wildman–Crippen MR) is 109 cm³/mol. The van der Waals surface area contributed by atoms with Gasteiger partial charge in [0, 0.05) is 11.3 Å². The number of furan rings is 1. The molecular formula is C21H19BrN2O4. The summed E-state index contributed by atoms with van der Waals surface area (Å²) in [6.45, 7) is 2.17. The molecule has 0 atom stereocenters. The molecule has 2 aromatic carbocycles. The molecule has 0 unspecified atom stereocenters. The monoisotopic (exact) mass is 442 g/mol. The van der Waals surface area contributed by atoms with Crippen molar-refractivity contribution in [2.24, 2.45) is 0 Å². The number of amides is 2. The molecule has 0 saturated carbocycles. The molecule has 0 aliphatic carbocycles. The van der Waals surface area contributed by atoms with Crippen LogP contribution in [0.1, 0.15) is 21.7 Å². The average Bonchev–Trinajstić information content (AvgIpc) is 3.19. The molecule has 1 aromatic heterocycles. The van der Waals surface area contributed by atoms with Crippen LogP contribution < -0.4 is 15.4 Å². The summed E-state index contributed by atoms with van der Waals surface area (Å²) in [5, 5.41) is 5.50. The highest BCUT2D eigenvalue weighted by molar-refractivity contribution is 9.10. The van der Waals surface area contributed by atoms with Gasteiger partial charge in [0.2, 0.25) is 0 Å². The van der Waals surface area contributed by atoms with Crippen molar-refractivity contribution in [2.75, 3.05) is 11.9 Å². The van der Waals surface area contributed by atoms with E-state index in [-0.39, 0.29) is 18.4 Å². The summed E-state index contributed by atoms with van der Waals surface area (Å²) < 4.78 is 11.5. The van der Waals surface area contributed by atoms with Gasteiger partial charge in [0.25, 0.3) is 11.8 Å². The Morgan fingerprint density at radius 3 is 2.57 bits per heavy atom. The number of nitrogens with one attached hydrogen (secondary N) is 2. The fourth-order valence-electron chi connectivity index (χ4n) is 2.45. The van der Waals surface area contributed by atoms with Crippen molar-refractivity contribution in [1.82, 2.24) is 5.32 Å². The van der Waals surface area contributed by atoms with Crippen molar-refractivity contribution in [1.29, 1.82) is 0 Å². The maximum atomic E-state index is 12.1. The van der Waals surface area contributed by atoms with Gasteiger partial charge in [-0.3, -0.25) is 9.59 Å². The molecule has 0 fully saturated rings. The molecule has 2 N–H and O–H groups in total. The van der Waals surface area contributed by atoms with E-state index >= 15 is 0 Å². The lowest BCUT2D eigenvalue weighted by atomic mass is 10.2. The maximum absolute atomic E-state index is 12.1. The first-order chi connectivity index (χ1) is 13.5. The van der Waals surface area contributed by atoms with Crippen molar-refractivity contribution in [3.63, 3.8) is 0 Å². The number of hydrogen-bond acceptors (Lipinski definition) is 4. The summed E-state index contributed by atoms with van der Waals surface area (Å²) >= 11 is 3.41. The van der Waals surface area contributed by atoms with E-state index in [1.165, 1.54) is 0 Å². The zero-order valence-electron chi connectivity index (χ0n) is 15.2. The van der Waals surface area contributed by atoms with Gasteiger partial charge in [-0.2, -0.15) is 0 Å². The van der Waals surface area contributed by atoms with Gasteiger partial charge in [0.15, 0.2) is 6.61 Å². The molecule has 0 bridgehead atoms. The summed E-state index contributed by atoms with van der Waals surface area (Å²) in [5.74, 6) is 0.770. The number of carbonyl (C=O) groups excluding carboxylic acids is 2. The fourth-order valence-corrected chi connectivity index (χ4v) is 3.06. The van der Waals surface area contributed by atoms with Crippen molar-refractivity contribution >= 4 is 33.4 Å². The summed E-state index contributed by atoms with van der Waals surface area (Å²) in [7, 11) is 0. The number of aryl methyl sites for hydroxylation is 1. The molecule has 0 radical (unpaired) electrons. The number of carbonyl (C=O) groups is 2. The van der Waals surface area contributed by atoms with Crippen LogP contribution in [0.2, 0.25) is 0 Å². The number of anilines is 1. The Morgan fingerprint density at radius 2 is 1.89 bits per heavy atom. The largest absolute Gasteiger partial charge is 0.483 e. The quantitative estimate of drug-likeness (QED) is 0.571. The fraction of sp³-hybridized carbons (Fsp3) is 0.143. The second-order valence-electron chi connectivity index (χ2n) is 6.11. The van der Waals surface area contributed by atoms with E-state index in [9.17, 15) is 9.59 Å². The minimum Gasteiger partial charge on any atom is -0.483 e. The number of benzene rings is 2. The Kier molecular flexibility index (Phi) is 6.49. The first-order valence-corrected chi connectivity index (χ1v) is 9.40. The molecule has 0 saturated heterocycles. The molecule has 0 aliphatic heterocycles. The SMILES string of the molecule is Cc1ccc(OCC(=O)Nc2ccc(C(=O)NCc3ccco3)cc2)c(Br)c1. The van der Waals surface area contributed by atoms with E-state index < -0.39 is 0 Å². The predicted octanol–water partition coefficient (Wildman–Crippen LogP) is 4.30. The molecule has 3 rings (SSSR count). The summed E-state index contributed by atoms with van der Waals surface area (Å²) in [5.41, 5.74) is 2.17. The topological polar surface area (TPSA) is 80.6 Å². The lowest BCUT2D eigenvalue weighted by Crippen LogP contribution is -2.23. The van der Waals surface area contributed by atoms with Crippen molar-refractivity contribution in [3.05, 3.63) is 82.2 Å². The molecule has 1 heterocycles. The molecule has 7 heteroatoms. The van der Waals surface area contributed by atoms with Crippen LogP contribution in [0, 0.1) is 6.92 Å². The first-order valence-electron chi connectivity index (χ1n) is 8.61. The minimum atomic E-state index is -0.289. The van der Waals surface area contributed by atoms with Gasteiger partial charge in [-0.1, -0.05) is 6.07 Å². The number of rotatable bonds is 7. The van der Waals surface area contributed by atoms with Crippen LogP contribution in [0.4, 0.5) is 5.69 Å². The van der Waals surface area contributed by atoms with E-state index in [1.807, 2.05) is 25.1 Å². The first kappa shape index (κ1) is 19.7. The van der Waals surface area contributed by atoms with Crippen LogP contribution in [0.5, 0.6) is 5.75 Å². The minimum absolute atomic E-state index is 0.118. The third kappa shape index (κ3) is 5.47.